The largest absolute Gasteiger partial charge is 0.392 e. The second kappa shape index (κ2) is 20.7. The third-order valence-corrected chi connectivity index (χ3v) is 19.3. The van der Waals surface area contributed by atoms with Gasteiger partial charge in [-0.3, -0.25) is 0 Å². The van der Waals surface area contributed by atoms with Crippen molar-refractivity contribution >= 4 is 29.5 Å². The summed E-state index contributed by atoms with van der Waals surface area (Å²) in [5, 5.41) is 21.8. The average Bonchev–Trinajstić information content (AvgIpc) is 3.55. The maximum atomic E-state index is 12.7. The minimum Gasteiger partial charge on any atom is -0.392 e. The molecule has 6 aromatic carbocycles. The van der Waals surface area contributed by atoms with Crippen molar-refractivity contribution in [2.75, 3.05) is 17.3 Å². The molecular weight excluding hydrogens is 873 g/mol. The van der Waals surface area contributed by atoms with Gasteiger partial charge in [0.25, 0.3) is 0 Å². The highest BCUT2D eigenvalue weighted by Gasteiger charge is 2.41. The van der Waals surface area contributed by atoms with Gasteiger partial charge >= 0.3 is 0 Å². The van der Waals surface area contributed by atoms with Crippen molar-refractivity contribution in [1.82, 2.24) is 0 Å². The molecule has 65 heavy (non-hydrogen) atoms. The van der Waals surface area contributed by atoms with E-state index in [1.807, 2.05) is 135 Å². The first-order chi connectivity index (χ1) is 31.2. The van der Waals surface area contributed by atoms with E-state index in [0.29, 0.717) is 38.7 Å². The van der Waals surface area contributed by atoms with E-state index in [1.54, 1.807) is 30.3 Å². The van der Waals surface area contributed by atoms with Gasteiger partial charge in [0.15, 0.2) is 29.5 Å². The molecule has 0 spiro atoms. The molecule has 0 bridgehead atoms. The van der Waals surface area contributed by atoms with E-state index in [0.717, 1.165) is 29.5 Å². The Labute approximate surface area is 386 Å². The van der Waals surface area contributed by atoms with Crippen molar-refractivity contribution in [3.05, 3.63) is 197 Å². The van der Waals surface area contributed by atoms with E-state index in [1.165, 1.54) is 5.56 Å². The number of hydrogen-bond acceptors (Lipinski definition) is 8. The zero-order valence-corrected chi connectivity index (χ0v) is 39.7. The van der Waals surface area contributed by atoms with E-state index in [4.69, 9.17) is 0 Å². The standard InChI is InChI=1S/2C18H20O3S.C18H20O2S/c2*1-2-13-12-22(20,21)16-11-7-6-10-15(16)17(18(13)19)14-8-4-3-5-9-14;1-2-14-12-17(15-8-4-3-5-9-15)16-10-6-7-11-18(16)21(19,20)13-14/h2*3-11,13,17-19H,2,12H2,1H3;3-11,14,17H,2,12-13H2,1H3/t13-,17+,18+;13-,17-,18+;14-,17-/m110/s1. The molecule has 3 aliphatic rings. The first-order valence-corrected chi connectivity index (χ1v) is 27.6. The van der Waals surface area contributed by atoms with Crippen LogP contribution in [0.15, 0.2) is 178 Å². The molecule has 6 aromatic rings. The molecular formula is C54H60O8S3. The minimum absolute atomic E-state index is 0.00497. The van der Waals surface area contributed by atoms with Crippen LogP contribution in [0.3, 0.4) is 0 Å². The number of benzene rings is 6. The monoisotopic (exact) mass is 932 g/mol. The Bertz CT molecular complexity index is 2720. The maximum absolute atomic E-state index is 12.7. The molecule has 9 rings (SSSR count). The topological polar surface area (TPSA) is 143 Å². The zero-order chi connectivity index (χ0) is 46.4. The molecule has 0 fully saturated rings. The molecule has 2 N–H and O–H groups in total. The highest BCUT2D eigenvalue weighted by atomic mass is 32.2. The summed E-state index contributed by atoms with van der Waals surface area (Å²) in [6.07, 6.45) is 1.67. The molecule has 11 heteroatoms. The normalized spacial score (nSPS) is 26.0. The molecule has 342 valence electrons. The van der Waals surface area contributed by atoms with Crippen molar-refractivity contribution in [2.24, 2.45) is 17.8 Å². The predicted molar refractivity (Wildman–Crippen MR) is 258 cm³/mol. The molecule has 8 atom stereocenters. The summed E-state index contributed by atoms with van der Waals surface area (Å²) in [5.74, 6) is -0.471. The predicted octanol–water partition coefficient (Wildman–Crippen LogP) is 10.0. The quantitative estimate of drug-likeness (QED) is 0.168. The Hall–Kier alpha value is -4.91. The second-order valence-electron chi connectivity index (χ2n) is 17.5. The van der Waals surface area contributed by atoms with Gasteiger partial charge in [0, 0.05) is 17.8 Å². The molecule has 0 aromatic heterocycles. The van der Waals surface area contributed by atoms with Gasteiger partial charge in [-0.25, -0.2) is 25.3 Å². The molecule has 0 aliphatic carbocycles. The van der Waals surface area contributed by atoms with Crippen molar-refractivity contribution in [3.63, 3.8) is 0 Å². The highest BCUT2D eigenvalue weighted by Crippen LogP contribution is 2.43. The lowest BCUT2D eigenvalue weighted by Crippen LogP contribution is -2.29. The summed E-state index contributed by atoms with van der Waals surface area (Å²) < 4.78 is 76.0. The van der Waals surface area contributed by atoms with E-state index >= 15 is 0 Å². The van der Waals surface area contributed by atoms with E-state index in [-0.39, 0.29) is 52.8 Å². The van der Waals surface area contributed by atoms with Crippen LogP contribution >= 0.6 is 0 Å². The van der Waals surface area contributed by atoms with E-state index in [9.17, 15) is 35.5 Å². The van der Waals surface area contributed by atoms with Crippen LogP contribution in [0.5, 0.6) is 0 Å². The molecule has 0 radical (unpaired) electrons. The van der Waals surface area contributed by atoms with Crippen molar-refractivity contribution < 1.29 is 35.5 Å². The SMILES string of the molecule is CC[C@@H]1CS(=O)(=O)c2ccccc2[C@@H](c2ccccc2)[C@H]1O.CC[C@@H]1CS(=O)(=O)c2ccccc2[C@H](c2ccccc2)[C@H]1O.CC[C@H]1C[C@@H](c2ccccc2)c2ccccc2S(=O)(=O)C1. The van der Waals surface area contributed by atoms with Crippen LogP contribution in [0.1, 0.15) is 97.6 Å². The summed E-state index contributed by atoms with van der Waals surface area (Å²) in [5.41, 5.74) is 5.49. The Balaban J connectivity index is 0.000000145. The van der Waals surface area contributed by atoms with Gasteiger partial charge in [0.05, 0.1) is 44.2 Å². The van der Waals surface area contributed by atoms with Crippen molar-refractivity contribution in [2.45, 2.75) is 91.1 Å². The van der Waals surface area contributed by atoms with Gasteiger partial charge in [-0.15, -0.1) is 0 Å². The maximum Gasteiger partial charge on any atom is 0.179 e. The smallest absolute Gasteiger partial charge is 0.179 e. The fourth-order valence-corrected chi connectivity index (χ4v) is 16.0. The number of rotatable bonds is 6. The highest BCUT2D eigenvalue weighted by molar-refractivity contribution is 7.92. The van der Waals surface area contributed by atoms with Gasteiger partial charge in [-0.1, -0.05) is 173 Å². The molecule has 8 nitrogen and oxygen atoms in total. The van der Waals surface area contributed by atoms with Gasteiger partial charge in [-0.05, 0) is 88.6 Å². The molecule has 0 amide bonds. The number of fused-ring (bicyclic) bond motifs is 3. The summed E-state index contributed by atoms with van der Waals surface area (Å²) in [6, 6.07) is 51.2. The Kier molecular flexibility index (Phi) is 15.3. The van der Waals surface area contributed by atoms with Crippen LogP contribution < -0.4 is 0 Å². The van der Waals surface area contributed by atoms with Crippen LogP contribution in [0, 0.1) is 17.8 Å². The first kappa shape index (κ1) is 48.0. The van der Waals surface area contributed by atoms with E-state index < -0.39 is 41.7 Å². The Morgan fingerprint density at radius 2 is 0.723 bits per heavy atom. The minimum atomic E-state index is -3.37. The molecule has 0 saturated heterocycles. The second-order valence-corrected chi connectivity index (χ2v) is 23.5. The third kappa shape index (κ3) is 10.6. The summed E-state index contributed by atoms with van der Waals surface area (Å²) in [7, 11) is -9.93. The lowest BCUT2D eigenvalue weighted by molar-refractivity contribution is 0.100. The summed E-state index contributed by atoms with van der Waals surface area (Å²) in [4.78, 5) is 1.24. The average molecular weight is 933 g/mol. The van der Waals surface area contributed by atoms with Crippen molar-refractivity contribution in [1.29, 1.82) is 0 Å². The van der Waals surface area contributed by atoms with Crippen LogP contribution in [-0.2, 0) is 29.5 Å². The van der Waals surface area contributed by atoms with Crippen LogP contribution in [-0.4, -0.2) is 64.9 Å². The number of hydrogen-bond donors (Lipinski definition) is 2. The van der Waals surface area contributed by atoms with Gasteiger partial charge in [0.2, 0.25) is 0 Å². The summed E-state index contributed by atoms with van der Waals surface area (Å²) >= 11 is 0. The number of aliphatic hydroxyl groups is 2. The van der Waals surface area contributed by atoms with E-state index in [2.05, 4.69) is 19.1 Å². The zero-order valence-electron chi connectivity index (χ0n) is 37.2. The fraction of sp³-hybridized carbons (Fsp3) is 0.333. The van der Waals surface area contributed by atoms with Gasteiger partial charge < -0.3 is 10.2 Å². The Morgan fingerprint density at radius 3 is 1.11 bits per heavy atom. The third-order valence-electron chi connectivity index (χ3n) is 13.5. The molecule has 0 saturated carbocycles. The molecule has 0 unspecified atom stereocenters. The van der Waals surface area contributed by atoms with Crippen LogP contribution in [0.2, 0.25) is 0 Å². The fourth-order valence-electron chi connectivity index (χ4n) is 9.95. The van der Waals surface area contributed by atoms with Crippen LogP contribution in [0.25, 0.3) is 0 Å². The van der Waals surface area contributed by atoms with Crippen molar-refractivity contribution in [3.8, 4) is 0 Å². The van der Waals surface area contributed by atoms with Gasteiger partial charge in [0.1, 0.15) is 0 Å². The Morgan fingerprint density at radius 1 is 0.400 bits per heavy atom. The first-order valence-electron chi connectivity index (χ1n) is 22.7. The lowest BCUT2D eigenvalue weighted by atomic mass is 9.81. The lowest BCUT2D eigenvalue weighted by Gasteiger charge is -2.27. The van der Waals surface area contributed by atoms with Gasteiger partial charge in [-0.2, -0.15) is 0 Å². The number of sulfone groups is 3. The number of aliphatic hydroxyl groups excluding tert-OH is 2. The van der Waals surface area contributed by atoms with Crippen LogP contribution in [0.4, 0.5) is 0 Å². The molecule has 3 heterocycles. The molecule has 3 aliphatic heterocycles. The summed E-state index contributed by atoms with van der Waals surface area (Å²) in [6.45, 7) is 5.95.